The van der Waals surface area contributed by atoms with Crippen LogP contribution in [0.3, 0.4) is 0 Å². The molecular formula is C21H24FN3O2. The van der Waals surface area contributed by atoms with E-state index in [1.165, 1.54) is 17.7 Å². The third-order valence-corrected chi connectivity index (χ3v) is 4.18. The Balaban J connectivity index is 1.80. The second-order valence-corrected chi connectivity index (χ2v) is 6.30. The molecule has 0 aliphatic rings. The van der Waals surface area contributed by atoms with Gasteiger partial charge in [0.2, 0.25) is 0 Å². The van der Waals surface area contributed by atoms with Gasteiger partial charge in [0.25, 0.3) is 0 Å². The molecular weight excluding hydrogens is 345 g/mol. The van der Waals surface area contributed by atoms with Crippen LogP contribution in [0, 0.1) is 12.7 Å². The van der Waals surface area contributed by atoms with Gasteiger partial charge < -0.3 is 15.2 Å². The lowest BCUT2D eigenvalue weighted by Gasteiger charge is -2.06. The topological polar surface area (TPSA) is 59.3 Å². The zero-order valence-corrected chi connectivity index (χ0v) is 15.4. The molecule has 1 heterocycles. The zero-order chi connectivity index (χ0) is 19.1. The number of aromatic nitrogens is 2. The van der Waals surface area contributed by atoms with Gasteiger partial charge in [-0.25, -0.2) is 9.07 Å². The Labute approximate surface area is 158 Å². The first-order valence-corrected chi connectivity index (χ1v) is 8.98. The van der Waals surface area contributed by atoms with Crippen molar-refractivity contribution in [2.45, 2.75) is 13.5 Å². The number of hydrogen-bond donors (Lipinski definition) is 2. The van der Waals surface area contributed by atoms with Gasteiger partial charge in [0, 0.05) is 30.4 Å². The fourth-order valence-electron chi connectivity index (χ4n) is 2.75. The van der Waals surface area contributed by atoms with E-state index in [0.717, 1.165) is 22.5 Å². The van der Waals surface area contributed by atoms with Crippen LogP contribution in [0.25, 0.3) is 16.9 Å². The lowest BCUT2D eigenvalue weighted by atomic mass is 10.1. The summed E-state index contributed by atoms with van der Waals surface area (Å²) in [6.45, 7) is 4.27. The molecule has 142 valence electrons. The van der Waals surface area contributed by atoms with Crippen molar-refractivity contribution in [3.8, 4) is 16.9 Å². The fraction of sp³-hybridized carbons (Fsp3) is 0.286. The third-order valence-electron chi connectivity index (χ3n) is 4.18. The van der Waals surface area contributed by atoms with Crippen molar-refractivity contribution in [3.63, 3.8) is 0 Å². The Hall–Kier alpha value is -2.54. The van der Waals surface area contributed by atoms with Crippen LogP contribution >= 0.6 is 0 Å². The van der Waals surface area contributed by atoms with E-state index in [2.05, 4.69) is 36.5 Å². The molecule has 0 radical (unpaired) electrons. The number of nitrogens with zero attached hydrogens (tertiary/aromatic N) is 2. The highest BCUT2D eigenvalue weighted by atomic mass is 19.1. The van der Waals surface area contributed by atoms with Gasteiger partial charge in [0.1, 0.15) is 5.82 Å². The summed E-state index contributed by atoms with van der Waals surface area (Å²) in [6.07, 6.45) is 1.96. The van der Waals surface area contributed by atoms with E-state index in [9.17, 15) is 4.39 Å². The van der Waals surface area contributed by atoms with Crippen LogP contribution < -0.4 is 5.32 Å². The summed E-state index contributed by atoms with van der Waals surface area (Å²) in [7, 11) is 0. The van der Waals surface area contributed by atoms with Crippen molar-refractivity contribution in [1.29, 1.82) is 0 Å². The van der Waals surface area contributed by atoms with Crippen LogP contribution in [0.4, 0.5) is 4.39 Å². The van der Waals surface area contributed by atoms with Crippen LogP contribution in [0.2, 0.25) is 0 Å². The standard InChI is InChI=1S/C21H24FN3O2/c1-16-2-4-17(5-3-16)21-18(14-23-10-12-27-13-11-26)15-25(24-21)20-8-6-19(22)7-9-20/h2-9,15,23,26H,10-14H2,1H3. The highest BCUT2D eigenvalue weighted by Crippen LogP contribution is 2.24. The zero-order valence-electron chi connectivity index (χ0n) is 15.4. The lowest BCUT2D eigenvalue weighted by molar-refractivity contribution is 0.0938. The number of aryl methyl sites for hydroxylation is 1. The van der Waals surface area contributed by atoms with Gasteiger partial charge in [0.15, 0.2) is 0 Å². The van der Waals surface area contributed by atoms with Gasteiger partial charge in [0.05, 0.1) is 31.2 Å². The number of aliphatic hydroxyl groups is 1. The molecule has 6 heteroatoms. The molecule has 3 aromatic rings. The molecule has 27 heavy (non-hydrogen) atoms. The van der Waals surface area contributed by atoms with Crippen LogP contribution in [0.15, 0.2) is 54.7 Å². The van der Waals surface area contributed by atoms with Crippen LogP contribution in [0.5, 0.6) is 0 Å². The summed E-state index contributed by atoms with van der Waals surface area (Å²) in [5.74, 6) is -0.269. The summed E-state index contributed by atoms with van der Waals surface area (Å²) in [5.41, 5.74) is 4.97. The predicted molar refractivity (Wildman–Crippen MR) is 103 cm³/mol. The van der Waals surface area contributed by atoms with Gasteiger partial charge in [-0.15, -0.1) is 0 Å². The number of benzene rings is 2. The van der Waals surface area contributed by atoms with Gasteiger partial charge in [-0.05, 0) is 31.2 Å². The molecule has 0 unspecified atom stereocenters. The monoisotopic (exact) mass is 369 g/mol. The predicted octanol–water partition coefficient (Wildman–Crippen LogP) is 3.09. The number of hydrogen-bond acceptors (Lipinski definition) is 4. The number of aliphatic hydroxyl groups excluding tert-OH is 1. The Kier molecular flexibility index (Phi) is 6.70. The van der Waals surface area contributed by atoms with Crippen molar-refractivity contribution in [2.24, 2.45) is 0 Å². The highest BCUT2D eigenvalue weighted by molar-refractivity contribution is 5.63. The van der Waals surface area contributed by atoms with E-state index in [-0.39, 0.29) is 12.4 Å². The van der Waals surface area contributed by atoms with Crippen molar-refractivity contribution in [2.75, 3.05) is 26.4 Å². The van der Waals surface area contributed by atoms with E-state index in [1.54, 1.807) is 16.8 Å². The molecule has 0 fully saturated rings. The summed E-state index contributed by atoms with van der Waals surface area (Å²) in [5, 5.41) is 16.8. The molecule has 1 aromatic heterocycles. The average molecular weight is 369 g/mol. The van der Waals surface area contributed by atoms with Crippen LogP contribution in [-0.4, -0.2) is 41.3 Å². The molecule has 0 amide bonds. The van der Waals surface area contributed by atoms with Crippen molar-refractivity contribution in [1.82, 2.24) is 15.1 Å². The minimum Gasteiger partial charge on any atom is -0.394 e. The molecule has 0 spiro atoms. The molecule has 2 aromatic carbocycles. The van der Waals surface area contributed by atoms with Gasteiger partial charge in [-0.3, -0.25) is 0 Å². The first-order chi connectivity index (χ1) is 13.2. The minimum absolute atomic E-state index is 0.0298. The van der Waals surface area contributed by atoms with Gasteiger partial charge >= 0.3 is 0 Å². The molecule has 0 bridgehead atoms. The first kappa shape index (κ1) is 19.2. The van der Waals surface area contributed by atoms with Crippen molar-refractivity contribution in [3.05, 3.63) is 71.7 Å². The van der Waals surface area contributed by atoms with E-state index in [4.69, 9.17) is 14.9 Å². The van der Waals surface area contributed by atoms with Crippen molar-refractivity contribution >= 4 is 0 Å². The molecule has 0 aliphatic carbocycles. The quantitative estimate of drug-likeness (QED) is 0.569. The maximum absolute atomic E-state index is 13.2. The molecule has 0 saturated heterocycles. The van der Waals surface area contributed by atoms with E-state index in [0.29, 0.717) is 26.3 Å². The fourth-order valence-corrected chi connectivity index (χ4v) is 2.75. The number of ether oxygens (including phenoxy) is 1. The van der Waals surface area contributed by atoms with E-state index >= 15 is 0 Å². The third kappa shape index (κ3) is 5.23. The molecule has 0 aliphatic heterocycles. The smallest absolute Gasteiger partial charge is 0.123 e. The Morgan fingerprint density at radius 3 is 2.52 bits per heavy atom. The molecule has 0 atom stereocenters. The van der Waals surface area contributed by atoms with Crippen LogP contribution in [-0.2, 0) is 11.3 Å². The highest BCUT2D eigenvalue weighted by Gasteiger charge is 2.12. The van der Waals surface area contributed by atoms with Crippen LogP contribution in [0.1, 0.15) is 11.1 Å². The SMILES string of the molecule is Cc1ccc(-c2nn(-c3ccc(F)cc3)cc2CNCCOCCO)cc1. The van der Waals surface area contributed by atoms with E-state index in [1.807, 2.05) is 6.20 Å². The Morgan fingerprint density at radius 2 is 1.81 bits per heavy atom. The Bertz CT molecular complexity index is 845. The second-order valence-electron chi connectivity index (χ2n) is 6.30. The molecule has 5 nitrogen and oxygen atoms in total. The van der Waals surface area contributed by atoms with Crippen molar-refractivity contribution < 1.29 is 14.2 Å². The number of nitrogens with one attached hydrogen (secondary N) is 1. The summed E-state index contributed by atoms with van der Waals surface area (Å²) in [4.78, 5) is 0. The van der Waals surface area contributed by atoms with E-state index < -0.39 is 0 Å². The molecule has 3 rings (SSSR count). The number of rotatable bonds is 9. The summed E-state index contributed by atoms with van der Waals surface area (Å²) < 4.78 is 20.3. The maximum Gasteiger partial charge on any atom is 0.123 e. The molecule has 0 saturated carbocycles. The van der Waals surface area contributed by atoms with Gasteiger partial charge in [-0.1, -0.05) is 29.8 Å². The second kappa shape index (κ2) is 9.41. The number of halogens is 1. The summed E-state index contributed by atoms with van der Waals surface area (Å²) >= 11 is 0. The van der Waals surface area contributed by atoms with Gasteiger partial charge in [-0.2, -0.15) is 5.10 Å². The largest absolute Gasteiger partial charge is 0.394 e. The maximum atomic E-state index is 13.2. The minimum atomic E-state index is -0.269. The molecule has 2 N–H and O–H groups in total. The normalized spacial score (nSPS) is 11.1. The Morgan fingerprint density at radius 1 is 1.07 bits per heavy atom. The summed E-state index contributed by atoms with van der Waals surface area (Å²) in [6, 6.07) is 14.5. The lowest BCUT2D eigenvalue weighted by Crippen LogP contribution is -2.20. The first-order valence-electron chi connectivity index (χ1n) is 8.98. The average Bonchev–Trinajstić information content (AvgIpc) is 3.10.